The monoisotopic (exact) mass is 531 g/mol. The van der Waals surface area contributed by atoms with Gasteiger partial charge in [0.25, 0.3) is 5.89 Å². The third kappa shape index (κ3) is 6.37. The average molecular weight is 532 g/mol. The Bertz CT molecular complexity index is 1470. The van der Waals surface area contributed by atoms with E-state index in [1.165, 1.54) is 6.26 Å². The fraction of sp³-hybridized carbons (Fsp3) is 0.143. The van der Waals surface area contributed by atoms with Gasteiger partial charge in [-0.25, -0.2) is 0 Å². The third-order valence-electron chi connectivity index (χ3n) is 5.74. The molecule has 0 radical (unpaired) electrons. The largest absolute Gasteiger partial charge is 0.489 e. The first-order valence-corrected chi connectivity index (χ1v) is 12.1. The predicted molar refractivity (Wildman–Crippen MR) is 137 cm³/mol. The van der Waals surface area contributed by atoms with Crippen LogP contribution in [0.15, 0.2) is 94.2 Å². The van der Waals surface area contributed by atoms with Crippen molar-refractivity contribution in [2.75, 3.05) is 0 Å². The van der Waals surface area contributed by atoms with E-state index in [-0.39, 0.29) is 13.0 Å². The minimum Gasteiger partial charge on any atom is -0.489 e. The first-order valence-electron chi connectivity index (χ1n) is 11.7. The van der Waals surface area contributed by atoms with Gasteiger partial charge in [0.2, 0.25) is 5.82 Å². The number of hydrogen-bond donors (Lipinski definition) is 1. The van der Waals surface area contributed by atoms with Crippen molar-refractivity contribution in [3.63, 3.8) is 0 Å². The van der Waals surface area contributed by atoms with E-state index in [1.807, 2.05) is 48.5 Å². The highest BCUT2D eigenvalue weighted by Gasteiger charge is 2.20. The van der Waals surface area contributed by atoms with Crippen LogP contribution in [0.1, 0.15) is 35.1 Å². The van der Waals surface area contributed by atoms with Gasteiger partial charge >= 0.3 is 5.97 Å². The summed E-state index contributed by atoms with van der Waals surface area (Å²) in [7, 11) is 0. The molecule has 9 nitrogen and oxygen atoms in total. The van der Waals surface area contributed by atoms with Crippen LogP contribution in [0.3, 0.4) is 0 Å². The first-order chi connectivity index (χ1) is 18.5. The highest BCUT2D eigenvalue weighted by molar-refractivity contribution is 6.30. The van der Waals surface area contributed by atoms with Crippen LogP contribution in [0.25, 0.3) is 11.4 Å². The molecule has 38 heavy (non-hydrogen) atoms. The Balaban J connectivity index is 1.16. The number of hydrogen-bond acceptors (Lipinski definition) is 8. The van der Waals surface area contributed by atoms with Crippen molar-refractivity contribution >= 4 is 17.6 Å². The number of rotatable bonds is 11. The van der Waals surface area contributed by atoms with Crippen molar-refractivity contribution in [2.45, 2.75) is 25.6 Å². The van der Waals surface area contributed by atoms with Crippen LogP contribution in [-0.2, 0) is 18.0 Å². The Morgan fingerprint density at radius 2 is 1.55 bits per heavy atom. The number of carbonyl (C=O) groups is 1. The maximum atomic E-state index is 11.3. The lowest BCUT2D eigenvalue weighted by Gasteiger charge is -2.13. The number of nitrogens with zero attached hydrogens (tertiary/aromatic N) is 3. The second-order valence-electron chi connectivity index (χ2n) is 8.38. The maximum Gasteiger partial charge on any atom is 0.304 e. The van der Waals surface area contributed by atoms with Crippen molar-refractivity contribution in [1.29, 1.82) is 0 Å². The smallest absolute Gasteiger partial charge is 0.304 e. The van der Waals surface area contributed by atoms with Crippen LogP contribution in [0.4, 0.5) is 0 Å². The van der Waals surface area contributed by atoms with Gasteiger partial charge in [-0.1, -0.05) is 46.2 Å². The van der Waals surface area contributed by atoms with Gasteiger partial charge in [0.05, 0.1) is 12.1 Å². The van der Waals surface area contributed by atoms with Crippen LogP contribution in [-0.4, -0.2) is 26.4 Å². The second kappa shape index (κ2) is 11.6. The lowest BCUT2D eigenvalue weighted by atomic mass is 9.92. The van der Waals surface area contributed by atoms with Crippen LogP contribution in [0.5, 0.6) is 11.5 Å². The zero-order chi connectivity index (χ0) is 26.3. The third-order valence-corrected chi connectivity index (χ3v) is 5.99. The molecule has 0 amide bonds. The molecule has 10 heteroatoms. The molecule has 3 aromatic carbocycles. The first kappa shape index (κ1) is 25.0. The summed E-state index contributed by atoms with van der Waals surface area (Å²) in [5.41, 5.74) is 3.14. The normalized spacial score (nSPS) is 11.7. The van der Waals surface area contributed by atoms with E-state index in [0.29, 0.717) is 40.5 Å². The SMILES string of the molecule is O=C(O)CC(c1ccc(OCc2nc(-c3ccc(OCc4ccc(Cl)cc4)cc3)no2)cc1)c1ccon1. The molecule has 5 rings (SSSR count). The van der Waals surface area contributed by atoms with Gasteiger partial charge in [-0.15, -0.1) is 0 Å². The van der Waals surface area contributed by atoms with Crippen molar-refractivity contribution in [2.24, 2.45) is 0 Å². The summed E-state index contributed by atoms with van der Waals surface area (Å²) in [6.45, 7) is 0.512. The molecule has 1 atom stereocenters. The molecule has 0 aliphatic carbocycles. The number of benzene rings is 3. The van der Waals surface area contributed by atoms with E-state index in [9.17, 15) is 9.90 Å². The van der Waals surface area contributed by atoms with Crippen LogP contribution < -0.4 is 9.47 Å². The summed E-state index contributed by atoms with van der Waals surface area (Å²) in [6.07, 6.45) is 1.32. The van der Waals surface area contributed by atoms with E-state index in [2.05, 4.69) is 15.3 Å². The minimum atomic E-state index is -0.925. The summed E-state index contributed by atoms with van der Waals surface area (Å²) in [5, 5.41) is 17.9. The highest BCUT2D eigenvalue weighted by atomic mass is 35.5. The Morgan fingerprint density at radius 1 is 0.868 bits per heavy atom. The molecule has 1 N–H and O–H groups in total. The summed E-state index contributed by atoms with van der Waals surface area (Å²) in [4.78, 5) is 15.7. The topological polar surface area (TPSA) is 121 Å². The van der Waals surface area contributed by atoms with E-state index < -0.39 is 11.9 Å². The Hall–Kier alpha value is -4.63. The Kier molecular flexibility index (Phi) is 7.65. The molecule has 192 valence electrons. The second-order valence-corrected chi connectivity index (χ2v) is 8.82. The number of aliphatic carboxylic acids is 1. The Morgan fingerprint density at radius 3 is 2.21 bits per heavy atom. The number of carboxylic acids is 1. The summed E-state index contributed by atoms with van der Waals surface area (Å²) in [5.74, 6) is 0.697. The molecular weight excluding hydrogens is 510 g/mol. The number of aromatic nitrogens is 3. The van der Waals surface area contributed by atoms with Gasteiger partial charge in [0.15, 0.2) is 6.61 Å². The van der Waals surface area contributed by atoms with Crippen molar-refractivity contribution < 1.29 is 28.4 Å². The average Bonchev–Trinajstić information content (AvgIpc) is 3.64. The molecule has 0 saturated carbocycles. The summed E-state index contributed by atoms with van der Waals surface area (Å²) in [6, 6.07) is 23.7. The van der Waals surface area contributed by atoms with E-state index in [1.54, 1.807) is 30.3 Å². The van der Waals surface area contributed by atoms with Crippen molar-refractivity contribution in [1.82, 2.24) is 15.3 Å². The Labute approximate surface area is 222 Å². The van der Waals surface area contributed by atoms with Gasteiger partial charge < -0.3 is 23.6 Å². The quantitative estimate of drug-likeness (QED) is 0.214. The molecule has 1 unspecified atom stereocenters. The number of halogens is 1. The molecule has 5 aromatic rings. The molecule has 0 fully saturated rings. The van der Waals surface area contributed by atoms with E-state index in [0.717, 1.165) is 16.7 Å². The van der Waals surface area contributed by atoms with Crippen LogP contribution in [0.2, 0.25) is 5.02 Å². The molecule has 0 aliphatic rings. The molecule has 2 heterocycles. The molecular formula is C28H22ClN3O6. The fourth-order valence-electron chi connectivity index (χ4n) is 3.79. The van der Waals surface area contributed by atoms with Crippen molar-refractivity contribution in [3.05, 3.63) is 113 Å². The van der Waals surface area contributed by atoms with Gasteiger partial charge in [-0.3, -0.25) is 4.79 Å². The van der Waals surface area contributed by atoms with Crippen molar-refractivity contribution in [3.8, 4) is 22.9 Å². The lowest BCUT2D eigenvalue weighted by Crippen LogP contribution is -2.08. The minimum absolute atomic E-state index is 0.0798. The molecule has 0 bridgehead atoms. The van der Waals surface area contributed by atoms with Gasteiger partial charge in [-0.2, -0.15) is 4.98 Å². The highest BCUT2D eigenvalue weighted by Crippen LogP contribution is 2.29. The summed E-state index contributed by atoms with van der Waals surface area (Å²) >= 11 is 5.91. The predicted octanol–water partition coefficient (Wildman–Crippen LogP) is 6.14. The van der Waals surface area contributed by atoms with Gasteiger partial charge in [0.1, 0.15) is 24.4 Å². The summed E-state index contributed by atoms with van der Waals surface area (Å²) < 4.78 is 21.8. The van der Waals surface area contributed by atoms with E-state index in [4.69, 9.17) is 30.1 Å². The zero-order valence-corrected chi connectivity index (χ0v) is 20.7. The molecule has 0 aliphatic heterocycles. The maximum absolute atomic E-state index is 11.3. The molecule has 0 saturated heterocycles. The van der Waals surface area contributed by atoms with Gasteiger partial charge in [0, 0.05) is 22.6 Å². The standard InChI is InChI=1S/C28H22ClN3O6/c29-21-7-1-18(2-8-21)16-35-22-11-5-20(6-12-22)28-30-26(38-32-28)17-36-23-9-3-19(4-10-23)24(15-27(33)34)25-13-14-37-31-25/h1-14,24H,15-17H2,(H,33,34). The fourth-order valence-corrected chi connectivity index (χ4v) is 3.92. The molecule has 2 aromatic heterocycles. The zero-order valence-electron chi connectivity index (χ0n) is 20.0. The molecule has 0 spiro atoms. The number of ether oxygens (including phenoxy) is 2. The van der Waals surface area contributed by atoms with Crippen LogP contribution >= 0.6 is 11.6 Å². The number of carboxylic acid groups (broad SMARTS) is 1. The van der Waals surface area contributed by atoms with Crippen LogP contribution in [0, 0.1) is 0 Å². The van der Waals surface area contributed by atoms with Gasteiger partial charge in [-0.05, 0) is 59.7 Å². The van der Waals surface area contributed by atoms with E-state index >= 15 is 0 Å². The lowest BCUT2D eigenvalue weighted by molar-refractivity contribution is -0.137.